The maximum absolute atomic E-state index is 13.2. The first-order chi connectivity index (χ1) is 13.9. The molecular formula is C22H30ClN3O3. The van der Waals surface area contributed by atoms with Gasteiger partial charge in [-0.05, 0) is 37.6 Å². The predicted octanol–water partition coefficient (Wildman–Crippen LogP) is 3.59. The Bertz CT molecular complexity index is 821. The average molecular weight is 420 g/mol. The number of aryl methyl sites for hydroxylation is 1. The van der Waals surface area contributed by atoms with E-state index in [0.717, 1.165) is 12.1 Å². The van der Waals surface area contributed by atoms with E-state index < -0.39 is 0 Å². The van der Waals surface area contributed by atoms with Gasteiger partial charge in [-0.15, -0.1) is 0 Å². The number of carbonyl (C=O) groups is 2. The van der Waals surface area contributed by atoms with E-state index in [-0.39, 0.29) is 24.4 Å². The first-order valence-corrected chi connectivity index (χ1v) is 10.2. The summed E-state index contributed by atoms with van der Waals surface area (Å²) in [5, 5.41) is 0.387. The Balaban J connectivity index is 2.22. The van der Waals surface area contributed by atoms with Crippen LogP contribution < -0.4 is 0 Å². The molecule has 0 aliphatic carbocycles. The molecule has 7 heteroatoms. The number of halogens is 1. The van der Waals surface area contributed by atoms with Crippen molar-refractivity contribution in [1.29, 1.82) is 0 Å². The van der Waals surface area contributed by atoms with Gasteiger partial charge < -0.3 is 19.1 Å². The van der Waals surface area contributed by atoms with Gasteiger partial charge in [-0.3, -0.25) is 9.59 Å². The van der Waals surface area contributed by atoms with Crippen LogP contribution >= 0.6 is 11.6 Å². The lowest BCUT2D eigenvalue weighted by Crippen LogP contribution is -2.47. The van der Waals surface area contributed by atoms with Crippen LogP contribution in [0.25, 0.3) is 0 Å². The van der Waals surface area contributed by atoms with Crippen molar-refractivity contribution in [3.63, 3.8) is 0 Å². The van der Waals surface area contributed by atoms with E-state index in [4.69, 9.17) is 16.3 Å². The number of benzene rings is 1. The minimum atomic E-state index is -0.233. The van der Waals surface area contributed by atoms with E-state index in [1.807, 2.05) is 43.8 Å². The number of hydrogen-bond donors (Lipinski definition) is 0. The van der Waals surface area contributed by atoms with Gasteiger partial charge in [-0.2, -0.15) is 0 Å². The largest absolute Gasteiger partial charge is 0.383 e. The van der Waals surface area contributed by atoms with Crippen molar-refractivity contribution in [2.45, 2.75) is 32.9 Å². The first kappa shape index (κ1) is 23.0. The Kier molecular flexibility index (Phi) is 8.73. The van der Waals surface area contributed by atoms with Crippen LogP contribution in [0.5, 0.6) is 0 Å². The van der Waals surface area contributed by atoms with Gasteiger partial charge in [0.05, 0.1) is 23.7 Å². The number of amides is 2. The fourth-order valence-corrected chi connectivity index (χ4v) is 3.25. The van der Waals surface area contributed by atoms with Crippen molar-refractivity contribution in [1.82, 2.24) is 14.4 Å². The number of nitrogens with zero attached hydrogens (tertiary/aromatic N) is 3. The third-order valence-electron chi connectivity index (χ3n) is 5.12. The monoisotopic (exact) mass is 419 g/mol. The molecule has 0 bridgehead atoms. The predicted molar refractivity (Wildman–Crippen MR) is 115 cm³/mol. The zero-order valence-electron chi connectivity index (χ0n) is 17.6. The minimum Gasteiger partial charge on any atom is -0.383 e. The van der Waals surface area contributed by atoms with Crippen LogP contribution in [0.1, 0.15) is 36.3 Å². The number of aromatic nitrogens is 1. The number of hydrogen-bond acceptors (Lipinski definition) is 3. The molecule has 2 amide bonds. The highest BCUT2D eigenvalue weighted by Gasteiger charge is 2.27. The SMILES string of the molecule is CC[C@H](C)N(CC(=O)N(CCOC)Cc1cccn1C)C(=O)c1ccccc1Cl. The van der Waals surface area contributed by atoms with Gasteiger partial charge in [0.1, 0.15) is 6.54 Å². The molecule has 0 saturated carbocycles. The molecule has 0 aliphatic heterocycles. The van der Waals surface area contributed by atoms with Crippen LogP contribution in [0, 0.1) is 0 Å². The molecule has 0 N–H and O–H groups in total. The zero-order chi connectivity index (χ0) is 21.4. The second-order valence-corrected chi connectivity index (χ2v) is 7.50. The molecule has 0 spiro atoms. The Morgan fingerprint density at radius 1 is 1.21 bits per heavy atom. The van der Waals surface area contributed by atoms with E-state index in [9.17, 15) is 9.59 Å². The van der Waals surface area contributed by atoms with Gasteiger partial charge in [-0.25, -0.2) is 0 Å². The maximum atomic E-state index is 13.2. The molecule has 0 saturated heterocycles. The summed E-state index contributed by atoms with van der Waals surface area (Å²) in [6.45, 7) is 5.27. The molecule has 0 unspecified atom stereocenters. The van der Waals surface area contributed by atoms with Crippen molar-refractivity contribution < 1.29 is 14.3 Å². The van der Waals surface area contributed by atoms with Crippen LogP contribution in [0.4, 0.5) is 0 Å². The van der Waals surface area contributed by atoms with Crippen LogP contribution in [0.2, 0.25) is 5.02 Å². The molecule has 1 aromatic heterocycles. The van der Waals surface area contributed by atoms with Gasteiger partial charge >= 0.3 is 0 Å². The molecule has 6 nitrogen and oxygen atoms in total. The normalized spacial score (nSPS) is 11.9. The fourth-order valence-electron chi connectivity index (χ4n) is 3.03. The van der Waals surface area contributed by atoms with Crippen LogP contribution in [-0.4, -0.2) is 59.0 Å². The summed E-state index contributed by atoms with van der Waals surface area (Å²) < 4.78 is 7.16. The van der Waals surface area contributed by atoms with Crippen molar-refractivity contribution in [3.05, 3.63) is 58.9 Å². The van der Waals surface area contributed by atoms with Crippen molar-refractivity contribution in [3.8, 4) is 0 Å². The maximum Gasteiger partial charge on any atom is 0.256 e. The van der Waals surface area contributed by atoms with Gasteiger partial charge in [0, 0.05) is 38.6 Å². The summed E-state index contributed by atoms with van der Waals surface area (Å²) >= 11 is 6.23. The molecule has 0 fully saturated rings. The van der Waals surface area contributed by atoms with Crippen molar-refractivity contribution in [2.24, 2.45) is 7.05 Å². The molecule has 1 aromatic carbocycles. The van der Waals surface area contributed by atoms with Crippen LogP contribution in [0.15, 0.2) is 42.6 Å². The highest BCUT2D eigenvalue weighted by atomic mass is 35.5. The lowest BCUT2D eigenvalue weighted by atomic mass is 10.1. The Hall–Kier alpha value is -2.31. The first-order valence-electron chi connectivity index (χ1n) is 9.81. The third-order valence-corrected chi connectivity index (χ3v) is 5.45. The molecule has 158 valence electrons. The lowest BCUT2D eigenvalue weighted by Gasteiger charge is -2.31. The topological polar surface area (TPSA) is 54.8 Å². The number of rotatable bonds is 10. The van der Waals surface area contributed by atoms with Gasteiger partial charge in [0.2, 0.25) is 5.91 Å². The summed E-state index contributed by atoms with van der Waals surface area (Å²) in [6, 6.07) is 10.8. The Morgan fingerprint density at radius 3 is 2.52 bits per heavy atom. The van der Waals surface area contributed by atoms with E-state index in [2.05, 4.69) is 0 Å². The third kappa shape index (κ3) is 6.08. The quantitative estimate of drug-likeness (QED) is 0.591. The number of methoxy groups -OCH3 is 1. The highest BCUT2D eigenvalue weighted by molar-refractivity contribution is 6.33. The average Bonchev–Trinajstić information content (AvgIpc) is 3.12. The molecule has 0 aliphatic rings. The Morgan fingerprint density at radius 2 is 1.93 bits per heavy atom. The van der Waals surface area contributed by atoms with E-state index >= 15 is 0 Å². The molecule has 29 heavy (non-hydrogen) atoms. The molecule has 2 rings (SSSR count). The second-order valence-electron chi connectivity index (χ2n) is 7.09. The summed E-state index contributed by atoms with van der Waals surface area (Å²) in [4.78, 5) is 29.7. The summed E-state index contributed by atoms with van der Waals surface area (Å²) in [5.41, 5.74) is 1.43. The molecule has 2 aromatic rings. The van der Waals surface area contributed by atoms with E-state index in [1.54, 1.807) is 41.2 Å². The smallest absolute Gasteiger partial charge is 0.256 e. The number of carbonyl (C=O) groups excluding carboxylic acids is 2. The molecule has 1 heterocycles. The molecule has 0 radical (unpaired) electrons. The summed E-state index contributed by atoms with van der Waals surface area (Å²) in [6.07, 6.45) is 2.68. The van der Waals surface area contributed by atoms with E-state index in [0.29, 0.717) is 30.3 Å². The van der Waals surface area contributed by atoms with Gasteiger partial charge in [-0.1, -0.05) is 30.7 Å². The highest BCUT2D eigenvalue weighted by Crippen LogP contribution is 2.19. The molecule has 1 atom stereocenters. The van der Waals surface area contributed by atoms with Gasteiger partial charge in [0.25, 0.3) is 5.91 Å². The van der Waals surface area contributed by atoms with Crippen LogP contribution in [0.3, 0.4) is 0 Å². The zero-order valence-corrected chi connectivity index (χ0v) is 18.4. The van der Waals surface area contributed by atoms with Crippen molar-refractivity contribution >= 4 is 23.4 Å². The minimum absolute atomic E-state index is 0.00675. The van der Waals surface area contributed by atoms with Crippen molar-refractivity contribution in [2.75, 3.05) is 26.8 Å². The summed E-state index contributed by atoms with van der Waals surface area (Å²) in [7, 11) is 3.55. The Labute approximate surface area is 178 Å². The second kappa shape index (κ2) is 11.0. The van der Waals surface area contributed by atoms with Crippen LogP contribution in [-0.2, 0) is 23.1 Å². The van der Waals surface area contributed by atoms with Gasteiger partial charge in [0.15, 0.2) is 0 Å². The van der Waals surface area contributed by atoms with E-state index in [1.165, 1.54) is 0 Å². The molecular weight excluding hydrogens is 390 g/mol. The lowest BCUT2D eigenvalue weighted by molar-refractivity contribution is -0.133. The fraction of sp³-hybridized carbons (Fsp3) is 0.455. The summed E-state index contributed by atoms with van der Waals surface area (Å²) in [5.74, 6) is -0.354. The number of ether oxygens (including phenoxy) is 1. The standard InChI is InChI=1S/C22H30ClN3O3/c1-5-17(2)26(22(28)19-10-6-7-11-20(19)23)16-21(27)25(13-14-29-4)15-18-9-8-12-24(18)3/h6-12,17H,5,13-16H2,1-4H3/t17-/m0/s1.